The van der Waals surface area contributed by atoms with Crippen LogP contribution in [0.15, 0.2) is 49.1 Å². The van der Waals surface area contributed by atoms with Gasteiger partial charge in [-0.15, -0.1) is 0 Å². The van der Waals surface area contributed by atoms with E-state index in [1.165, 1.54) is 6.33 Å². The third-order valence-corrected chi connectivity index (χ3v) is 9.61. The first-order valence-electron chi connectivity index (χ1n) is 15.5. The van der Waals surface area contributed by atoms with E-state index in [9.17, 15) is 0 Å². The van der Waals surface area contributed by atoms with Crippen molar-refractivity contribution in [3.63, 3.8) is 0 Å². The van der Waals surface area contributed by atoms with Crippen LogP contribution in [-0.4, -0.2) is 87.9 Å². The van der Waals surface area contributed by atoms with E-state index in [1.807, 2.05) is 47.9 Å². The SMILES string of the molecule is COc1ccc2nc3cc(Cl)ccc3c(NC(C)CCCN3CCOP(COC(C)Cn4cnc5c(N)ncnc54)OCC3)c2c1. The van der Waals surface area contributed by atoms with E-state index < -0.39 is 8.38 Å². The molecule has 0 aliphatic carbocycles. The molecule has 14 heteroatoms. The largest absolute Gasteiger partial charge is 0.497 e. The maximum absolute atomic E-state index is 6.30. The molecule has 244 valence electrons. The number of hydrogen-bond acceptors (Lipinski definition) is 11. The number of benzene rings is 2. The summed E-state index contributed by atoms with van der Waals surface area (Å²) >= 11 is 6.30. The number of methoxy groups -OCH3 is 1. The Morgan fingerprint density at radius 3 is 2.67 bits per heavy atom. The minimum absolute atomic E-state index is 0.0798. The van der Waals surface area contributed by atoms with E-state index in [-0.39, 0.29) is 12.1 Å². The molecule has 0 amide bonds. The first-order valence-corrected chi connectivity index (χ1v) is 17.2. The summed E-state index contributed by atoms with van der Waals surface area (Å²) in [6.07, 6.45) is 5.54. The van der Waals surface area contributed by atoms with Gasteiger partial charge in [0.25, 0.3) is 0 Å². The lowest BCUT2D eigenvalue weighted by Gasteiger charge is -2.28. The number of ether oxygens (including phenoxy) is 2. The van der Waals surface area contributed by atoms with Crippen molar-refractivity contribution in [1.82, 2.24) is 29.4 Å². The van der Waals surface area contributed by atoms with E-state index >= 15 is 0 Å². The first-order chi connectivity index (χ1) is 22.4. The molecule has 3 N–H and O–H groups in total. The molecule has 12 nitrogen and oxygen atoms in total. The Labute approximate surface area is 274 Å². The van der Waals surface area contributed by atoms with Crippen LogP contribution in [0, 0.1) is 0 Å². The number of imidazole rings is 1. The van der Waals surface area contributed by atoms with Crippen molar-refractivity contribution in [1.29, 1.82) is 0 Å². The molecule has 0 spiro atoms. The van der Waals surface area contributed by atoms with Crippen molar-refractivity contribution < 1.29 is 18.5 Å². The van der Waals surface area contributed by atoms with Crippen molar-refractivity contribution in [2.24, 2.45) is 0 Å². The van der Waals surface area contributed by atoms with Crippen LogP contribution in [0.25, 0.3) is 33.0 Å². The molecule has 2 atom stereocenters. The highest BCUT2D eigenvalue weighted by Crippen LogP contribution is 2.39. The summed E-state index contributed by atoms with van der Waals surface area (Å²) in [6, 6.07) is 12.1. The molecule has 2 unspecified atom stereocenters. The van der Waals surface area contributed by atoms with Gasteiger partial charge in [-0.3, -0.25) is 4.90 Å². The van der Waals surface area contributed by atoms with Crippen LogP contribution >= 0.6 is 20.0 Å². The van der Waals surface area contributed by atoms with Crippen LogP contribution in [0.2, 0.25) is 5.02 Å². The lowest BCUT2D eigenvalue weighted by molar-refractivity contribution is 0.0673. The molecule has 2 aromatic carbocycles. The van der Waals surface area contributed by atoms with Gasteiger partial charge in [-0.1, -0.05) is 11.6 Å². The maximum Gasteiger partial charge on any atom is 0.198 e. The number of nitrogens with zero attached hydrogens (tertiary/aromatic N) is 6. The smallest absolute Gasteiger partial charge is 0.198 e. The van der Waals surface area contributed by atoms with Crippen LogP contribution in [0.5, 0.6) is 5.75 Å². The highest BCUT2D eigenvalue weighted by atomic mass is 35.5. The van der Waals surface area contributed by atoms with Crippen molar-refractivity contribution in [2.75, 3.05) is 57.4 Å². The predicted octanol–water partition coefficient (Wildman–Crippen LogP) is 6.08. The molecule has 1 aliphatic heterocycles. The fourth-order valence-electron chi connectivity index (χ4n) is 5.66. The predicted molar refractivity (Wildman–Crippen MR) is 184 cm³/mol. The number of pyridine rings is 1. The standard InChI is InChI=1S/C32H40ClN8O4P/c1-21(38-29-25-8-6-23(33)15-28(25)39-27-9-7-24(42-3)16-26(27)29)5-4-10-40-11-13-44-46(45-14-12-40)20-43-22(2)17-41-19-37-30-31(34)35-18-36-32(30)41/h6-9,15-16,18-19,21-22H,4-5,10-14,17,20H2,1-3H3,(H,38,39)(H2,34,35,36). The molecule has 3 aromatic heterocycles. The van der Waals surface area contributed by atoms with Gasteiger partial charge in [-0.05, 0) is 69.6 Å². The molecular formula is C32H40ClN8O4P. The Morgan fingerprint density at radius 1 is 1.04 bits per heavy atom. The zero-order chi connectivity index (χ0) is 32.0. The Bertz CT molecular complexity index is 1780. The number of aromatic nitrogens is 5. The average molecular weight is 667 g/mol. The zero-order valence-electron chi connectivity index (χ0n) is 26.4. The van der Waals surface area contributed by atoms with E-state index in [2.05, 4.69) is 32.1 Å². The highest BCUT2D eigenvalue weighted by molar-refractivity contribution is 7.47. The third-order valence-electron chi connectivity index (χ3n) is 8.08. The van der Waals surface area contributed by atoms with Crippen LogP contribution < -0.4 is 15.8 Å². The molecular weight excluding hydrogens is 627 g/mol. The summed E-state index contributed by atoms with van der Waals surface area (Å²) in [5, 5.41) is 6.52. The second-order valence-corrected chi connectivity index (χ2v) is 13.4. The number of nitrogen functional groups attached to an aromatic ring is 1. The Hall–Kier alpha value is -3.38. The van der Waals surface area contributed by atoms with Crippen LogP contribution in [0.3, 0.4) is 0 Å². The fraction of sp³-hybridized carbons (Fsp3) is 0.438. The quantitative estimate of drug-likeness (QED) is 0.119. The molecule has 0 saturated carbocycles. The van der Waals surface area contributed by atoms with Gasteiger partial charge < -0.3 is 34.1 Å². The number of hydrogen-bond donors (Lipinski definition) is 2. The Balaban J connectivity index is 0.959. The summed E-state index contributed by atoms with van der Waals surface area (Å²) in [5.74, 6) is 1.17. The summed E-state index contributed by atoms with van der Waals surface area (Å²) in [6.45, 7) is 8.74. The zero-order valence-corrected chi connectivity index (χ0v) is 28.0. The normalized spacial score (nSPS) is 16.4. The van der Waals surface area contributed by atoms with Gasteiger partial charge in [-0.25, -0.2) is 19.9 Å². The molecule has 0 radical (unpaired) electrons. The van der Waals surface area contributed by atoms with E-state index in [0.29, 0.717) is 48.1 Å². The second-order valence-electron chi connectivity index (χ2n) is 11.5. The number of fused-ring (bicyclic) bond motifs is 3. The lowest BCUT2D eigenvalue weighted by Crippen LogP contribution is -2.34. The van der Waals surface area contributed by atoms with Crippen LogP contribution in [0.1, 0.15) is 26.7 Å². The average Bonchev–Trinajstić information content (AvgIpc) is 3.44. The van der Waals surface area contributed by atoms with Crippen molar-refractivity contribution >= 4 is 64.5 Å². The summed E-state index contributed by atoms with van der Waals surface area (Å²) in [7, 11) is 0.573. The Morgan fingerprint density at radius 2 is 1.87 bits per heavy atom. The van der Waals surface area contributed by atoms with Gasteiger partial charge in [-0.2, -0.15) is 0 Å². The van der Waals surface area contributed by atoms with Gasteiger partial charge >= 0.3 is 0 Å². The first kappa shape index (κ1) is 32.6. The number of nitrogens with one attached hydrogen (secondary N) is 1. The van der Waals surface area contributed by atoms with Gasteiger partial charge in [0.1, 0.15) is 23.9 Å². The number of rotatable bonds is 12. The highest BCUT2D eigenvalue weighted by Gasteiger charge is 2.20. The van der Waals surface area contributed by atoms with Crippen LogP contribution in [0.4, 0.5) is 11.5 Å². The summed E-state index contributed by atoms with van der Waals surface area (Å²) in [4.78, 5) is 19.9. The van der Waals surface area contributed by atoms with Crippen molar-refractivity contribution in [3.05, 3.63) is 54.1 Å². The van der Waals surface area contributed by atoms with E-state index in [1.54, 1.807) is 13.4 Å². The molecule has 1 fully saturated rings. The topological polar surface area (TPSA) is 135 Å². The molecule has 4 heterocycles. The minimum Gasteiger partial charge on any atom is -0.497 e. The number of anilines is 2. The van der Waals surface area contributed by atoms with E-state index in [0.717, 1.165) is 65.7 Å². The van der Waals surface area contributed by atoms with E-state index in [4.69, 9.17) is 40.8 Å². The van der Waals surface area contributed by atoms with Crippen molar-refractivity contribution in [3.8, 4) is 5.75 Å². The monoisotopic (exact) mass is 666 g/mol. The fourth-order valence-corrected chi connectivity index (χ4v) is 7.00. The van der Waals surface area contributed by atoms with Crippen molar-refractivity contribution in [2.45, 2.75) is 45.4 Å². The summed E-state index contributed by atoms with van der Waals surface area (Å²) < 4.78 is 25.7. The molecule has 0 bridgehead atoms. The molecule has 1 saturated heterocycles. The van der Waals surface area contributed by atoms with Crippen LogP contribution in [-0.2, 0) is 20.3 Å². The molecule has 1 aliphatic rings. The second kappa shape index (κ2) is 15.0. The van der Waals surface area contributed by atoms with Gasteiger partial charge in [0.05, 0.1) is 56.0 Å². The Kier molecular flexibility index (Phi) is 10.6. The van der Waals surface area contributed by atoms with Gasteiger partial charge in [0, 0.05) is 34.9 Å². The third kappa shape index (κ3) is 7.76. The molecule has 5 aromatic rings. The maximum atomic E-state index is 6.30. The van der Waals surface area contributed by atoms with Gasteiger partial charge in [0.2, 0.25) is 0 Å². The summed E-state index contributed by atoms with van der Waals surface area (Å²) in [5.41, 5.74) is 10.0. The lowest BCUT2D eigenvalue weighted by atomic mass is 10.1. The molecule has 6 rings (SSSR count). The minimum atomic E-state index is -1.11. The molecule has 46 heavy (non-hydrogen) atoms. The van der Waals surface area contributed by atoms with Gasteiger partial charge in [0.15, 0.2) is 19.8 Å². The number of halogens is 1. The number of nitrogens with two attached hydrogens (primary N) is 1.